The van der Waals surface area contributed by atoms with E-state index >= 15 is 0 Å². The molecular weight excluding hydrogens is 330 g/mol. The molecule has 0 unspecified atom stereocenters. The lowest BCUT2D eigenvalue weighted by molar-refractivity contribution is -0.158. The van der Waals surface area contributed by atoms with Gasteiger partial charge in [0.1, 0.15) is 17.2 Å². The van der Waals surface area contributed by atoms with Gasteiger partial charge in [0.2, 0.25) is 11.8 Å². The van der Waals surface area contributed by atoms with E-state index in [1.807, 2.05) is 0 Å². The topological polar surface area (TPSA) is 128 Å². The fraction of sp³-hybridized carbons (Fsp3) is 0.750. The molecule has 0 aromatic carbocycles. The quantitative estimate of drug-likeness (QED) is 0.330. The van der Waals surface area contributed by atoms with Gasteiger partial charge in [-0.2, -0.15) is 0 Å². The smallest absolute Gasteiger partial charge is 0.408 e. The highest BCUT2D eigenvalue weighted by Gasteiger charge is 2.41. The van der Waals surface area contributed by atoms with E-state index in [-0.39, 0.29) is 12.8 Å². The van der Waals surface area contributed by atoms with Gasteiger partial charge in [0, 0.05) is 6.42 Å². The summed E-state index contributed by atoms with van der Waals surface area (Å²) >= 11 is 0. The Labute approximate surface area is 147 Å². The van der Waals surface area contributed by atoms with Gasteiger partial charge in [-0.05, 0) is 48.0 Å². The number of hydrazine groups is 1. The van der Waals surface area contributed by atoms with Crippen LogP contribution in [-0.2, 0) is 23.9 Å². The molecule has 1 aliphatic heterocycles. The number of hydrogen-bond donors (Lipinski definition) is 2. The van der Waals surface area contributed by atoms with Gasteiger partial charge in [-0.25, -0.2) is 20.4 Å². The van der Waals surface area contributed by atoms with Crippen LogP contribution >= 0.6 is 0 Å². The molecule has 0 radical (unpaired) electrons. The molecule has 0 spiro atoms. The molecule has 9 nitrogen and oxygen atoms in total. The minimum atomic E-state index is -1.14. The number of carbonyl (C=O) groups is 4. The first kappa shape index (κ1) is 20.9. The third-order valence-electron chi connectivity index (χ3n) is 3.18. The SMILES string of the molecule is CC(C)(C)OC(=O)N[C@@H](C[C@H]1CC(=O)N(N)C1=O)C(=O)OC(C)(C)C. The maximum atomic E-state index is 12.4. The average Bonchev–Trinajstić information content (AvgIpc) is 2.61. The Balaban J connectivity index is 2.88. The number of amides is 3. The van der Waals surface area contributed by atoms with Gasteiger partial charge in [-0.3, -0.25) is 9.59 Å². The van der Waals surface area contributed by atoms with Crippen molar-refractivity contribution in [1.29, 1.82) is 0 Å². The number of rotatable bonds is 4. The highest BCUT2D eigenvalue weighted by Crippen LogP contribution is 2.23. The number of nitrogens with one attached hydrogen (secondary N) is 1. The molecule has 0 aromatic heterocycles. The lowest BCUT2D eigenvalue weighted by Gasteiger charge is -2.27. The number of imide groups is 1. The Hall–Kier alpha value is -2.16. The van der Waals surface area contributed by atoms with Crippen LogP contribution in [0.5, 0.6) is 0 Å². The Morgan fingerprint density at radius 1 is 1.16 bits per heavy atom. The monoisotopic (exact) mass is 357 g/mol. The van der Waals surface area contributed by atoms with Crippen molar-refractivity contribution in [3.8, 4) is 0 Å². The largest absolute Gasteiger partial charge is 0.458 e. The van der Waals surface area contributed by atoms with Gasteiger partial charge in [0.05, 0.1) is 5.92 Å². The predicted molar refractivity (Wildman–Crippen MR) is 87.8 cm³/mol. The minimum absolute atomic E-state index is 0.105. The van der Waals surface area contributed by atoms with Gasteiger partial charge in [0.15, 0.2) is 0 Å². The fourth-order valence-electron chi connectivity index (χ4n) is 2.22. The van der Waals surface area contributed by atoms with Gasteiger partial charge in [0.25, 0.3) is 0 Å². The van der Waals surface area contributed by atoms with Crippen LogP contribution in [0.1, 0.15) is 54.4 Å². The molecule has 1 fully saturated rings. The van der Waals surface area contributed by atoms with Crippen molar-refractivity contribution >= 4 is 23.9 Å². The predicted octanol–water partition coefficient (Wildman–Crippen LogP) is 0.860. The van der Waals surface area contributed by atoms with Crippen LogP contribution in [0, 0.1) is 5.92 Å². The zero-order chi connectivity index (χ0) is 19.6. The number of ether oxygens (including phenoxy) is 2. The third-order valence-corrected chi connectivity index (χ3v) is 3.18. The van der Waals surface area contributed by atoms with Crippen LogP contribution in [0.25, 0.3) is 0 Å². The van der Waals surface area contributed by atoms with Gasteiger partial charge < -0.3 is 14.8 Å². The molecule has 9 heteroatoms. The number of carbonyl (C=O) groups excluding carboxylic acids is 4. The molecule has 0 saturated carbocycles. The molecule has 0 aromatic rings. The molecular formula is C16H27N3O6. The Morgan fingerprint density at radius 3 is 2.08 bits per heavy atom. The second-order valence-electron chi connectivity index (χ2n) is 7.97. The maximum absolute atomic E-state index is 12.4. The second kappa shape index (κ2) is 7.38. The van der Waals surface area contributed by atoms with Crippen LogP contribution in [0.3, 0.4) is 0 Å². The summed E-state index contributed by atoms with van der Waals surface area (Å²) in [6.07, 6.45) is -1.04. The van der Waals surface area contributed by atoms with Crippen LogP contribution in [-0.4, -0.2) is 46.1 Å². The van der Waals surface area contributed by atoms with Crippen molar-refractivity contribution in [3.63, 3.8) is 0 Å². The molecule has 0 aliphatic carbocycles. The van der Waals surface area contributed by atoms with Gasteiger partial charge in [-0.1, -0.05) is 0 Å². The zero-order valence-electron chi connectivity index (χ0n) is 15.5. The van der Waals surface area contributed by atoms with E-state index in [0.717, 1.165) is 0 Å². The summed E-state index contributed by atoms with van der Waals surface area (Å²) in [7, 11) is 0. The number of nitrogens with two attached hydrogens (primary N) is 1. The molecule has 1 rings (SSSR count). The lowest BCUT2D eigenvalue weighted by Crippen LogP contribution is -2.47. The van der Waals surface area contributed by atoms with E-state index in [1.165, 1.54) is 0 Å². The van der Waals surface area contributed by atoms with Crippen molar-refractivity contribution < 1.29 is 28.7 Å². The molecule has 1 saturated heterocycles. The zero-order valence-corrected chi connectivity index (χ0v) is 15.5. The molecule has 25 heavy (non-hydrogen) atoms. The van der Waals surface area contributed by atoms with E-state index in [9.17, 15) is 19.2 Å². The second-order valence-corrected chi connectivity index (χ2v) is 7.97. The minimum Gasteiger partial charge on any atom is -0.458 e. The van der Waals surface area contributed by atoms with Crippen molar-refractivity contribution in [2.45, 2.75) is 71.6 Å². The normalized spacial score (nSPS) is 19.6. The number of alkyl carbamates (subject to hydrolysis) is 1. The van der Waals surface area contributed by atoms with Crippen LogP contribution < -0.4 is 11.2 Å². The Kier molecular flexibility index (Phi) is 6.17. The van der Waals surface area contributed by atoms with Gasteiger partial charge >= 0.3 is 12.1 Å². The summed E-state index contributed by atoms with van der Waals surface area (Å²) in [6.45, 7) is 10.1. The summed E-state index contributed by atoms with van der Waals surface area (Å²) in [6, 6.07) is -1.14. The third kappa shape index (κ3) is 6.69. The highest BCUT2D eigenvalue weighted by atomic mass is 16.6. The summed E-state index contributed by atoms with van der Waals surface area (Å²) in [5.74, 6) is 2.72. The molecule has 142 valence electrons. The van der Waals surface area contributed by atoms with Gasteiger partial charge in [-0.15, -0.1) is 0 Å². The molecule has 1 aliphatic rings. The highest BCUT2D eigenvalue weighted by molar-refractivity contribution is 6.03. The summed E-state index contributed by atoms with van der Waals surface area (Å²) in [4.78, 5) is 47.9. The van der Waals surface area contributed by atoms with Crippen molar-refractivity contribution in [3.05, 3.63) is 0 Å². The van der Waals surface area contributed by atoms with E-state index in [1.54, 1.807) is 41.5 Å². The molecule has 2 atom stereocenters. The van der Waals surface area contributed by atoms with E-state index < -0.39 is 47.0 Å². The van der Waals surface area contributed by atoms with Crippen LogP contribution in [0.4, 0.5) is 4.79 Å². The molecule has 3 amide bonds. The van der Waals surface area contributed by atoms with Crippen molar-refractivity contribution in [1.82, 2.24) is 10.3 Å². The first-order valence-corrected chi connectivity index (χ1v) is 8.03. The van der Waals surface area contributed by atoms with Crippen molar-refractivity contribution in [2.24, 2.45) is 11.8 Å². The van der Waals surface area contributed by atoms with E-state index in [2.05, 4.69) is 5.32 Å². The Bertz CT molecular complexity index is 561. The van der Waals surface area contributed by atoms with Crippen LogP contribution in [0.15, 0.2) is 0 Å². The lowest BCUT2D eigenvalue weighted by atomic mass is 9.98. The maximum Gasteiger partial charge on any atom is 0.408 e. The van der Waals surface area contributed by atoms with Crippen LogP contribution in [0.2, 0.25) is 0 Å². The molecule has 1 heterocycles. The van der Waals surface area contributed by atoms with Crippen molar-refractivity contribution in [2.75, 3.05) is 0 Å². The molecule has 3 N–H and O–H groups in total. The summed E-state index contributed by atoms with van der Waals surface area (Å²) in [5, 5.41) is 2.95. The standard InChI is InChI=1S/C16H27N3O6/c1-15(2,3)24-13(22)10(18-14(23)25-16(4,5)6)7-9-8-11(20)19(17)12(9)21/h9-10H,7-8,17H2,1-6H3,(H,18,23)/t9-,10-/m0/s1. The Morgan fingerprint density at radius 2 is 1.68 bits per heavy atom. The molecule has 0 bridgehead atoms. The summed E-state index contributed by atoms with van der Waals surface area (Å²) < 4.78 is 10.4. The van der Waals surface area contributed by atoms with E-state index in [0.29, 0.717) is 5.01 Å². The first-order valence-electron chi connectivity index (χ1n) is 8.03. The fourth-order valence-corrected chi connectivity index (χ4v) is 2.22. The average molecular weight is 357 g/mol. The summed E-state index contributed by atoms with van der Waals surface area (Å²) in [5.41, 5.74) is -1.53. The number of nitrogens with zero attached hydrogens (tertiary/aromatic N) is 1. The van der Waals surface area contributed by atoms with E-state index in [4.69, 9.17) is 15.3 Å². The first-order chi connectivity index (χ1) is 11.2. The number of hydrogen-bond acceptors (Lipinski definition) is 7. The number of esters is 1.